The Kier molecular flexibility index (Phi) is 11.8. The van der Waals surface area contributed by atoms with E-state index in [0.717, 1.165) is 38.5 Å². The highest BCUT2D eigenvalue weighted by molar-refractivity contribution is 5.85. The summed E-state index contributed by atoms with van der Waals surface area (Å²) in [6, 6.07) is -3.04. The monoisotopic (exact) mass is 638 g/mol. The van der Waals surface area contributed by atoms with E-state index >= 15 is 0 Å². The number of hydrogen-bond donors (Lipinski definition) is 5. The predicted molar refractivity (Wildman–Crippen MR) is 160 cm³/mol. The van der Waals surface area contributed by atoms with Crippen molar-refractivity contribution >= 4 is 17.8 Å². The lowest BCUT2D eigenvalue weighted by Crippen LogP contribution is -2.55. The van der Waals surface area contributed by atoms with Crippen LogP contribution >= 0.6 is 0 Å². The molecule has 254 valence electrons. The maximum Gasteiger partial charge on any atom is 0.307 e. The van der Waals surface area contributed by atoms with Crippen LogP contribution in [0.25, 0.3) is 0 Å². The highest BCUT2D eigenvalue weighted by Gasteiger charge is 2.52. The van der Waals surface area contributed by atoms with Gasteiger partial charge < -0.3 is 20.7 Å². The summed E-state index contributed by atoms with van der Waals surface area (Å²) in [6.07, 6.45) is 7.97. The average molecular weight is 639 g/mol. The number of carbonyl (C=O) groups is 3. The van der Waals surface area contributed by atoms with Crippen LogP contribution in [0, 0.1) is 73.5 Å². The lowest BCUT2D eigenvalue weighted by Gasteiger charge is -2.45. The smallest absolute Gasteiger partial charge is 0.307 e. The number of carboxylic acids is 2. The van der Waals surface area contributed by atoms with Gasteiger partial charge in [-0.3, -0.25) is 34.6 Å². The fourth-order valence-corrected chi connectivity index (χ4v) is 9.70. The van der Waals surface area contributed by atoms with Crippen LogP contribution in [0.3, 0.4) is 0 Å². The Morgan fingerprint density at radius 3 is 1.87 bits per heavy atom. The summed E-state index contributed by atoms with van der Waals surface area (Å²) >= 11 is 0. The summed E-state index contributed by atoms with van der Waals surface area (Å²) in [5, 5.41) is 56.2. The molecule has 4 aliphatic rings. The van der Waals surface area contributed by atoms with Crippen LogP contribution in [-0.4, -0.2) is 67.3 Å². The van der Waals surface area contributed by atoms with E-state index in [2.05, 4.69) is 24.6 Å². The second kappa shape index (κ2) is 15.1. The van der Waals surface area contributed by atoms with Crippen molar-refractivity contribution in [3.8, 4) is 0 Å². The molecule has 0 saturated heterocycles. The maximum absolute atomic E-state index is 13.2. The number of carboxylic acid groups (broad SMARTS) is 2. The molecule has 13 atom stereocenters. The van der Waals surface area contributed by atoms with Crippen LogP contribution in [0.4, 0.5) is 0 Å². The number of carbonyl (C=O) groups excluding carboxylic acids is 1. The lowest BCUT2D eigenvalue weighted by atomic mass is 9.62. The molecule has 0 heterocycles. The summed E-state index contributed by atoms with van der Waals surface area (Å²) in [7, 11) is 0. The molecule has 4 saturated carbocycles. The third-order valence-electron chi connectivity index (χ3n) is 11.9. The van der Waals surface area contributed by atoms with Gasteiger partial charge >= 0.3 is 11.9 Å². The van der Waals surface area contributed by atoms with Gasteiger partial charge in [0, 0.05) is 34.8 Å². The van der Waals surface area contributed by atoms with Gasteiger partial charge in [-0.1, -0.05) is 20.3 Å². The number of nitro groups is 2. The molecular formula is C31H50N4O10. The van der Waals surface area contributed by atoms with Gasteiger partial charge in [-0.15, -0.1) is 0 Å². The molecule has 0 aromatic heterocycles. The summed E-state index contributed by atoms with van der Waals surface area (Å²) in [5.41, 5.74) is 2.33. The van der Waals surface area contributed by atoms with E-state index in [1.165, 1.54) is 0 Å². The third-order valence-corrected chi connectivity index (χ3v) is 11.9. The van der Waals surface area contributed by atoms with E-state index in [9.17, 15) is 50.0 Å². The molecule has 0 aliphatic heterocycles. The fourth-order valence-electron chi connectivity index (χ4n) is 9.70. The largest absolute Gasteiger partial charge is 0.481 e. The fraction of sp³-hybridized carbons (Fsp3) is 0.903. The first-order chi connectivity index (χ1) is 21.3. The van der Waals surface area contributed by atoms with Crippen molar-refractivity contribution in [1.29, 1.82) is 0 Å². The zero-order valence-corrected chi connectivity index (χ0v) is 26.3. The molecule has 1 amide bonds. The van der Waals surface area contributed by atoms with Gasteiger partial charge in [0.25, 0.3) is 0 Å². The molecule has 4 aliphatic carbocycles. The normalized spacial score (nSPS) is 39.7. The number of hydrogen-bond acceptors (Lipinski definition) is 9. The molecule has 14 heteroatoms. The number of nitrogens with zero attached hydrogens (tertiary/aromatic N) is 2. The molecule has 0 radical (unpaired) electrons. The summed E-state index contributed by atoms with van der Waals surface area (Å²) in [5.74, 6) is -5.61. The van der Waals surface area contributed by atoms with Crippen molar-refractivity contribution in [3.05, 3.63) is 20.2 Å². The number of aliphatic carboxylic acids is 2. The van der Waals surface area contributed by atoms with E-state index in [1.807, 2.05) is 0 Å². The molecule has 14 nitrogen and oxygen atoms in total. The van der Waals surface area contributed by atoms with Crippen LogP contribution in [0.2, 0.25) is 0 Å². The van der Waals surface area contributed by atoms with E-state index in [-0.39, 0.29) is 41.6 Å². The topological polar surface area (TPSA) is 222 Å². The van der Waals surface area contributed by atoms with Crippen molar-refractivity contribution < 1.29 is 39.7 Å². The van der Waals surface area contributed by atoms with Crippen molar-refractivity contribution in [2.75, 3.05) is 0 Å². The second-order valence-corrected chi connectivity index (χ2v) is 14.5. The molecule has 4 fully saturated rings. The zero-order valence-electron chi connectivity index (χ0n) is 26.3. The standard InChI is InChI=1S/C31H50N4O10/c1-16-13-18(9-11-20(16)28(33-41)26-21(30(37)38)5-3-7-24(26)34(42)43)15-19-10-12-23(17(2)14-19)32-29(36)27-22(31(39)40)6-4-8-25(27)35(44)45/h16-28,33,41H,3-15H2,1-2H3,(H,32,36)(H,37,38)(H,39,40). The Hall–Kier alpha value is -2.87. The molecule has 45 heavy (non-hydrogen) atoms. The molecule has 0 bridgehead atoms. The molecule has 0 aromatic rings. The first-order valence-corrected chi connectivity index (χ1v) is 16.8. The van der Waals surface area contributed by atoms with Gasteiger partial charge in [0.15, 0.2) is 0 Å². The molecule has 0 spiro atoms. The quantitative estimate of drug-likeness (QED) is 0.161. The molecule has 4 rings (SSSR count). The Bertz CT molecular complexity index is 1060. The Balaban J connectivity index is 1.32. The first kappa shape index (κ1) is 35.0. The number of amides is 1. The van der Waals surface area contributed by atoms with Crippen molar-refractivity contribution in [3.63, 3.8) is 0 Å². The average Bonchev–Trinajstić information content (AvgIpc) is 2.99. The molecule has 5 N–H and O–H groups in total. The van der Waals surface area contributed by atoms with Gasteiger partial charge in [-0.05, 0) is 93.8 Å². The van der Waals surface area contributed by atoms with E-state index in [4.69, 9.17) is 0 Å². The summed E-state index contributed by atoms with van der Waals surface area (Å²) in [4.78, 5) is 59.8. The number of rotatable bonds is 11. The van der Waals surface area contributed by atoms with Crippen molar-refractivity contribution in [2.24, 2.45) is 53.3 Å². The lowest BCUT2D eigenvalue weighted by molar-refractivity contribution is -0.539. The van der Waals surface area contributed by atoms with Gasteiger partial charge in [0.05, 0.1) is 17.8 Å². The van der Waals surface area contributed by atoms with Crippen LogP contribution in [0.5, 0.6) is 0 Å². The maximum atomic E-state index is 13.2. The van der Waals surface area contributed by atoms with Gasteiger partial charge in [-0.25, -0.2) is 5.48 Å². The van der Waals surface area contributed by atoms with Crippen molar-refractivity contribution in [1.82, 2.24) is 10.8 Å². The Labute approximate surface area is 263 Å². The summed E-state index contributed by atoms with van der Waals surface area (Å²) in [6.45, 7) is 4.15. The first-order valence-electron chi connectivity index (χ1n) is 16.8. The van der Waals surface area contributed by atoms with E-state index < -0.39 is 64.6 Å². The van der Waals surface area contributed by atoms with Gasteiger partial charge in [0.1, 0.15) is 5.92 Å². The molecule has 13 unspecified atom stereocenters. The van der Waals surface area contributed by atoms with Gasteiger partial charge in [0.2, 0.25) is 18.0 Å². The highest BCUT2D eigenvalue weighted by Crippen LogP contribution is 2.46. The van der Waals surface area contributed by atoms with Crippen LogP contribution < -0.4 is 10.8 Å². The Morgan fingerprint density at radius 2 is 1.33 bits per heavy atom. The molecule has 0 aromatic carbocycles. The van der Waals surface area contributed by atoms with E-state index in [0.29, 0.717) is 43.9 Å². The predicted octanol–water partition coefficient (Wildman–Crippen LogP) is 3.99. The zero-order chi connectivity index (χ0) is 33.0. The van der Waals surface area contributed by atoms with Crippen LogP contribution in [0.15, 0.2) is 0 Å². The van der Waals surface area contributed by atoms with Gasteiger partial charge in [-0.2, -0.15) is 0 Å². The number of nitrogens with one attached hydrogen (secondary N) is 2. The number of hydroxylamine groups is 1. The Morgan fingerprint density at radius 1 is 0.778 bits per heavy atom. The van der Waals surface area contributed by atoms with Crippen molar-refractivity contribution in [2.45, 2.75) is 121 Å². The second-order valence-electron chi connectivity index (χ2n) is 14.5. The minimum absolute atomic E-state index is 0.0825. The minimum Gasteiger partial charge on any atom is -0.481 e. The van der Waals surface area contributed by atoms with Crippen LogP contribution in [0.1, 0.15) is 97.3 Å². The minimum atomic E-state index is -1.19. The molecular weight excluding hydrogens is 588 g/mol. The SMILES string of the molecule is CC1CC(CC2CCC(C(NO)C3C(C(=O)O)CCCC3[N+](=O)[O-])C(C)C2)CCC1NC(=O)C1C(C(=O)O)CCCC1[N+](=O)[O-]. The summed E-state index contributed by atoms with van der Waals surface area (Å²) < 4.78 is 0. The highest BCUT2D eigenvalue weighted by atomic mass is 16.6. The van der Waals surface area contributed by atoms with Crippen LogP contribution in [-0.2, 0) is 14.4 Å². The van der Waals surface area contributed by atoms with E-state index in [1.54, 1.807) is 0 Å². The third kappa shape index (κ3) is 7.93.